The number of rotatable bonds is 8. The number of carboxylic acid groups (broad SMARTS) is 1. The summed E-state index contributed by atoms with van der Waals surface area (Å²) in [5.74, 6) is -1.15. The third-order valence-electron chi connectivity index (χ3n) is 2.46. The van der Waals surface area contributed by atoms with Gasteiger partial charge in [-0.15, -0.1) is 11.8 Å². The SMILES string of the molecule is COCCOC(=O)C(C)Sc1ccc(CC(=O)O)cc1. The largest absolute Gasteiger partial charge is 0.481 e. The number of ether oxygens (including phenoxy) is 2. The van der Waals surface area contributed by atoms with Crippen molar-refractivity contribution in [2.24, 2.45) is 0 Å². The van der Waals surface area contributed by atoms with Gasteiger partial charge in [0.1, 0.15) is 11.9 Å². The van der Waals surface area contributed by atoms with Crippen LogP contribution in [0.15, 0.2) is 29.2 Å². The third kappa shape index (κ3) is 6.08. The van der Waals surface area contributed by atoms with E-state index in [9.17, 15) is 9.59 Å². The number of hydrogen-bond acceptors (Lipinski definition) is 5. The van der Waals surface area contributed by atoms with E-state index in [4.69, 9.17) is 14.6 Å². The number of carbonyl (C=O) groups is 2. The zero-order chi connectivity index (χ0) is 15.0. The second kappa shape index (κ2) is 8.60. The number of aliphatic carboxylic acids is 1. The van der Waals surface area contributed by atoms with Crippen molar-refractivity contribution in [3.8, 4) is 0 Å². The van der Waals surface area contributed by atoms with E-state index in [0.29, 0.717) is 6.61 Å². The molecule has 20 heavy (non-hydrogen) atoms. The number of thioether (sulfide) groups is 1. The molecule has 0 saturated carbocycles. The van der Waals surface area contributed by atoms with Gasteiger partial charge in [-0.25, -0.2) is 0 Å². The molecule has 6 heteroatoms. The van der Waals surface area contributed by atoms with Crippen LogP contribution in [-0.4, -0.2) is 42.6 Å². The first-order valence-corrected chi connectivity index (χ1v) is 7.04. The molecule has 1 aromatic carbocycles. The van der Waals surface area contributed by atoms with E-state index in [2.05, 4.69) is 0 Å². The summed E-state index contributed by atoms with van der Waals surface area (Å²) in [6.07, 6.45) is -0.000437. The summed E-state index contributed by atoms with van der Waals surface area (Å²) in [5, 5.41) is 8.36. The first kappa shape index (κ1) is 16.5. The van der Waals surface area contributed by atoms with E-state index in [-0.39, 0.29) is 24.2 Å². The molecule has 0 radical (unpaired) electrons. The van der Waals surface area contributed by atoms with Gasteiger partial charge >= 0.3 is 11.9 Å². The van der Waals surface area contributed by atoms with Gasteiger partial charge in [0.2, 0.25) is 0 Å². The summed E-state index contributed by atoms with van der Waals surface area (Å²) >= 11 is 1.37. The van der Waals surface area contributed by atoms with Crippen LogP contribution in [0.1, 0.15) is 12.5 Å². The van der Waals surface area contributed by atoms with Gasteiger partial charge < -0.3 is 14.6 Å². The Morgan fingerprint density at radius 2 is 1.90 bits per heavy atom. The fraction of sp³-hybridized carbons (Fsp3) is 0.429. The van der Waals surface area contributed by atoms with Crippen molar-refractivity contribution in [2.45, 2.75) is 23.5 Å². The standard InChI is InChI=1S/C14H18O5S/c1-10(14(17)19-8-7-18-2)20-12-5-3-11(4-6-12)9-13(15)16/h3-6,10H,7-9H2,1-2H3,(H,15,16). The van der Waals surface area contributed by atoms with Gasteiger partial charge in [0.15, 0.2) is 0 Å². The predicted octanol–water partition coefficient (Wildman–Crippen LogP) is 1.98. The highest BCUT2D eigenvalue weighted by atomic mass is 32.2. The maximum Gasteiger partial charge on any atom is 0.319 e. The lowest BCUT2D eigenvalue weighted by atomic mass is 10.2. The van der Waals surface area contributed by atoms with Gasteiger partial charge in [0.25, 0.3) is 0 Å². The van der Waals surface area contributed by atoms with Crippen LogP contribution in [0.5, 0.6) is 0 Å². The zero-order valence-electron chi connectivity index (χ0n) is 11.5. The lowest BCUT2D eigenvalue weighted by molar-refractivity contribution is -0.143. The highest BCUT2D eigenvalue weighted by molar-refractivity contribution is 8.00. The minimum atomic E-state index is -0.861. The van der Waals surface area contributed by atoms with Crippen molar-refractivity contribution in [3.63, 3.8) is 0 Å². The van der Waals surface area contributed by atoms with Crippen molar-refractivity contribution >= 4 is 23.7 Å². The molecule has 0 fully saturated rings. The molecule has 0 aromatic heterocycles. The molecule has 110 valence electrons. The number of benzene rings is 1. The topological polar surface area (TPSA) is 72.8 Å². The van der Waals surface area contributed by atoms with Crippen LogP contribution in [-0.2, 0) is 25.5 Å². The summed E-state index contributed by atoms with van der Waals surface area (Å²) in [6, 6.07) is 7.11. The second-order valence-corrected chi connectivity index (χ2v) is 5.55. The molecular weight excluding hydrogens is 280 g/mol. The Morgan fingerprint density at radius 3 is 2.45 bits per heavy atom. The minimum absolute atomic E-state index is 0.000437. The quantitative estimate of drug-likeness (QED) is 0.449. The second-order valence-electron chi connectivity index (χ2n) is 4.13. The maximum atomic E-state index is 11.7. The molecule has 0 aliphatic carbocycles. The Hall–Kier alpha value is -1.53. The molecule has 5 nitrogen and oxygen atoms in total. The highest BCUT2D eigenvalue weighted by Gasteiger charge is 2.15. The van der Waals surface area contributed by atoms with Gasteiger partial charge in [-0.2, -0.15) is 0 Å². The van der Waals surface area contributed by atoms with Crippen LogP contribution >= 0.6 is 11.8 Å². The van der Waals surface area contributed by atoms with Gasteiger partial charge in [0.05, 0.1) is 13.0 Å². The Balaban J connectivity index is 2.47. The van der Waals surface area contributed by atoms with E-state index in [1.165, 1.54) is 11.8 Å². The van der Waals surface area contributed by atoms with E-state index in [1.54, 1.807) is 26.2 Å². The molecule has 1 N–H and O–H groups in total. The number of hydrogen-bond donors (Lipinski definition) is 1. The summed E-state index contributed by atoms with van der Waals surface area (Å²) in [5.41, 5.74) is 0.733. The summed E-state index contributed by atoms with van der Waals surface area (Å²) in [4.78, 5) is 23.1. The molecule has 1 rings (SSSR count). The van der Waals surface area contributed by atoms with E-state index < -0.39 is 5.97 Å². The first-order chi connectivity index (χ1) is 9.52. The normalized spacial score (nSPS) is 11.9. The average Bonchev–Trinajstić information content (AvgIpc) is 2.40. The lowest BCUT2D eigenvalue weighted by Crippen LogP contribution is -2.19. The smallest absolute Gasteiger partial charge is 0.319 e. The Morgan fingerprint density at radius 1 is 1.25 bits per heavy atom. The van der Waals surface area contributed by atoms with E-state index in [0.717, 1.165) is 10.5 Å². The molecule has 0 saturated heterocycles. The minimum Gasteiger partial charge on any atom is -0.481 e. The van der Waals surface area contributed by atoms with Gasteiger partial charge in [-0.1, -0.05) is 12.1 Å². The predicted molar refractivity (Wildman–Crippen MR) is 75.9 cm³/mol. The van der Waals surface area contributed by atoms with Crippen LogP contribution in [0.4, 0.5) is 0 Å². The van der Waals surface area contributed by atoms with Crippen LogP contribution < -0.4 is 0 Å². The molecule has 1 aromatic rings. The van der Waals surface area contributed by atoms with Crippen molar-refractivity contribution < 1.29 is 24.2 Å². The van der Waals surface area contributed by atoms with Gasteiger partial charge in [-0.05, 0) is 24.6 Å². The average molecular weight is 298 g/mol. The number of carbonyl (C=O) groups excluding carboxylic acids is 1. The van der Waals surface area contributed by atoms with Crippen molar-refractivity contribution in [2.75, 3.05) is 20.3 Å². The summed E-state index contributed by atoms with van der Waals surface area (Å²) < 4.78 is 9.83. The van der Waals surface area contributed by atoms with Crippen molar-refractivity contribution in [1.82, 2.24) is 0 Å². The molecule has 0 aliphatic rings. The highest BCUT2D eigenvalue weighted by Crippen LogP contribution is 2.24. The fourth-order valence-electron chi connectivity index (χ4n) is 1.46. The van der Waals surface area contributed by atoms with Crippen LogP contribution in [0.2, 0.25) is 0 Å². The Labute approximate surface area is 122 Å². The molecule has 0 aliphatic heterocycles. The van der Waals surface area contributed by atoms with Gasteiger partial charge in [0, 0.05) is 12.0 Å². The molecule has 1 atom stereocenters. The molecule has 0 spiro atoms. The lowest BCUT2D eigenvalue weighted by Gasteiger charge is -2.11. The molecule has 0 bridgehead atoms. The van der Waals surface area contributed by atoms with E-state index in [1.807, 2.05) is 12.1 Å². The van der Waals surface area contributed by atoms with E-state index >= 15 is 0 Å². The molecule has 0 heterocycles. The van der Waals surface area contributed by atoms with Crippen LogP contribution in [0.3, 0.4) is 0 Å². The molecular formula is C14H18O5S. The first-order valence-electron chi connectivity index (χ1n) is 6.16. The number of methoxy groups -OCH3 is 1. The zero-order valence-corrected chi connectivity index (χ0v) is 12.3. The third-order valence-corrected chi connectivity index (χ3v) is 3.55. The monoisotopic (exact) mass is 298 g/mol. The number of carboxylic acids is 1. The van der Waals surface area contributed by atoms with Crippen LogP contribution in [0.25, 0.3) is 0 Å². The summed E-state index contributed by atoms with van der Waals surface area (Å²) in [6.45, 7) is 2.40. The Kier molecular flexibility index (Phi) is 7.11. The Bertz CT molecular complexity index is 443. The number of esters is 1. The van der Waals surface area contributed by atoms with Crippen molar-refractivity contribution in [3.05, 3.63) is 29.8 Å². The maximum absolute atomic E-state index is 11.7. The van der Waals surface area contributed by atoms with Gasteiger partial charge in [-0.3, -0.25) is 9.59 Å². The van der Waals surface area contributed by atoms with Crippen LogP contribution in [0, 0.1) is 0 Å². The van der Waals surface area contributed by atoms with Crippen molar-refractivity contribution in [1.29, 1.82) is 0 Å². The fourth-order valence-corrected chi connectivity index (χ4v) is 2.32. The molecule has 1 unspecified atom stereocenters. The molecule has 0 amide bonds. The summed E-state index contributed by atoms with van der Waals surface area (Å²) in [7, 11) is 1.55.